The minimum Gasteiger partial charge on any atom is -0.352 e. The highest BCUT2D eigenvalue weighted by Gasteiger charge is 2.32. The predicted molar refractivity (Wildman–Crippen MR) is 130 cm³/mol. The molecule has 0 aliphatic rings. The number of carbonyl (C=O) groups is 2. The lowest BCUT2D eigenvalue weighted by molar-refractivity contribution is -0.141. The van der Waals surface area contributed by atoms with Crippen molar-refractivity contribution in [2.45, 2.75) is 57.6 Å². The van der Waals surface area contributed by atoms with E-state index in [1.165, 1.54) is 24.1 Å². The Bertz CT molecular complexity index is 1050. The first-order valence-corrected chi connectivity index (χ1v) is 12.6. The maximum atomic E-state index is 13.4. The van der Waals surface area contributed by atoms with Crippen LogP contribution in [0.4, 0.5) is 0 Å². The number of hydrogen-bond acceptors (Lipinski definition) is 4. The molecule has 180 valence electrons. The Morgan fingerprint density at radius 2 is 1.61 bits per heavy atom. The summed E-state index contributed by atoms with van der Waals surface area (Å²) >= 11 is 5.98. The van der Waals surface area contributed by atoms with Crippen LogP contribution in [0.1, 0.15) is 38.3 Å². The van der Waals surface area contributed by atoms with Crippen LogP contribution in [-0.4, -0.2) is 55.1 Å². The summed E-state index contributed by atoms with van der Waals surface area (Å²) in [5.41, 5.74) is 1.72. The zero-order chi connectivity index (χ0) is 24.8. The largest absolute Gasteiger partial charge is 0.352 e. The third kappa shape index (κ3) is 7.28. The third-order valence-electron chi connectivity index (χ3n) is 5.17. The highest BCUT2D eigenvalue weighted by Crippen LogP contribution is 2.18. The maximum absolute atomic E-state index is 13.4. The molecule has 7 nitrogen and oxygen atoms in total. The van der Waals surface area contributed by atoms with Gasteiger partial charge in [-0.15, -0.1) is 0 Å². The Hall–Kier alpha value is -2.42. The molecule has 0 radical (unpaired) electrons. The van der Waals surface area contributed by atoms with E-state index in [0.29, 0.717) is 11.4 Å². The van der Waals surface area contributed by atoms with Gasteiger partial charge >= 0.3 is 0 Å². The van der Waals surface area contributed by atoms with Crippen LogP contribution in [0.5, 0.6) is 0 Å². The highest BCUT2D eigenvalue weighted by molar-refractivity contribution is 7.89. The van der Waals surface area contributed by atoms with E-state index in [1.807, 2.05) is 27.7 Å². The number of likely N-dealkylation sites (N-methyl/N-ethyl adjacent to an activating group) is 1. The summed E-state index contributed by atoms with van der Waals surface area (Å²) in [5, 5.41) is 3.41. The number of carbonyl (C=O) groups excluding carboxylic acids is 2. The van der Waals surface area contributed by atoms with Gasteiger partial charge in [0, 0.05) is 24.7 Å². The van der Waals surface area contributed by atoms with Crippen LogP contribution >= 0.6 is 11.6 Å². The van der Waals surface area contributed by atoms with E-state index >= 15 is 0 Å². The molecule has 0 unspecified atom stereocenters. The lowest BCUT2D eigenvalue weighted by atomic mass is 10.1. The second-order valence-electron chi connectivity index (χ2n) is 8.31. The number of amides is 2. The fraction of sp³-hybridized carbons (Fsp3) is 0.417. The summed E-state index contributed by atoms with van der Waals surface area (Å²) in [6, 6.07) is 12.6. The van der Waals surface area contributed by atoms with E-state index in [1.54, 1.807) is 36.4 Å². The molecule has 2 aromatic carbocycles. The Morgan fingerprint density at radius 1 is 1.03 bits per heavy atom. The predicted octanol–water partition coefficient (Wildman–Crippen LogP) is 3.60. The first-order valence-electron chi connectivity index (χ1n) is 10.8. The zero-order valence-electron chi connectivity index (χ0n) is 19.7. The number of nitrogens with zero attached hydrogens (tertiary/aromatic N) is 2. The Labute approximate surface area is 201 Å². The summed E-state index contributed by atoms with van der Waals surface area (Å²) in [5.74, 6) is -0.743. The molecule has 0 aliphatic heterocycles. The van der Waals surface area contributed by atoms with E-state index < -0.39 is 28.5 Å². The van der Waals surface area contributed by atoms with E-state index in [9.17, 15) is 18.0 Å². The van der Waals surface area contributed by atoms with Crippen molar-refractivity contribution in [1.82, 2.24) is 14.5 Å². The van der Waals surface area contributed by atoms with Gasteiger partial charge in [0.1, 0.15) is 6.04 Å². The molecule has 0 saturated heterocycles. The van der Waals surface area contributed by atoms with Crippen molar-refractivity contribution in [2.24, 2.45) is 0 Å². The molecule has 0 aromatic heterocycles. The highest BCUT2D eigenvalue weighted by atomic mass is 35.5. The fourth-order valence-electron chi connectivity index (χ4n) is 3.34. The molecular weight excluding hydrogens is 462 g/mol. The van der Waals surface area contributed by atoms with E-state index in [-0.39, 0.29) is 23.4 Å². The second kappa shape index (κ2) is 11.6. The lowest BCUT2D eigenvalue weighted by Crippen LogP contribution is -2.52. The molecule has 0 spiro atoms. The molecule has 1 atom stereocenters. The normalized spacial score (nSPS) is 12.6. The van der Waals surface area contributed by atoms with Gasteiger partial charge in [-0.2, -0.15) is 4.31 Å². The second-order valence-corrected chi connectivity index (χ2v) is 10.8. The van der Waals surface area contributed by atoms with Crippen LogP contribution in [0.25, 0.3) is 0 Å². The smallest absolute Gasteiger partial charge is 0.243 e. The Balaban J connectivity index is 2.31. The summed E-state index contributed by atoms with van der Waals surface area (Å²) < 4.78 is 27.0. The molecule has 0 saturated carbocycles. The molecule has 1 N–H and O–H groups in total. The molecule has 2 rings (SSSR count). The number of hydrogen-bond donors (Lipinski definition) is 1. The molecule has 2 amide bonds. The van der Waals surface area contributed by atoms with Gasteiger partial charge in [-0.05, 0) is 57.0 Å². The molecule has 0 heterocycles. The van der Waals surface area contributed by atoms with Crippen molar-refractivity contribution in [3.05, 3.63) is 64.7 Å². The lowest BCUT2D eigenvalue weighted by Gasteiger charge is -2.32. The quantitative estimate of drug-likeness (QED) is 0.547. The molecule has 0 fully saturated rings. The van der Waals surface area contributed by atoms with Crippen LogP contribution in [-0.2, 0) is 26.2 Å². The first kappa shape index (κ1) is 26.8. The van der Waals surface area contributed by atoms with Gasteiger partial charge in [-0.1, -0.05) is 48.4 Å². The van der Waals surface area contributed by atoms with Crippen molar-refractivity contribution in [3.8, 4) is 0 Å². The molecule has 0 bridgehead atoms. The fourth-order valence-corrected chi connectivity index (χ4v) is 4.59. The number of aryl methyl sites for hydroxylation is 1. The van der Waals surface area contributed by atoms with Gasteiger partial charge in [-0.25, -0.2) is 8.42 Å². The monoisotopic (exact) mass is 493 g/mol. The maximum Gasteiger partial charge on any atom is 0.243 e. The van der Waals surface area contributed by atoms with Crippen LogP contribution in [0.15, 0.2) is 53.4 Å². The van der Waals surface area contributed by atoms with Gasteiger partial charge in [0.15, 0.2) is 0 Å². The number of benzene rings is 2. The number of halogens is 1. The van der Waals surface area contributed by atoms with E-state index in [2.05, 4.69) is 5.32 Å². The Morgan fingerprint density at radius 3 is 2.12 bits per heavy atom. The average molecular weight is 494 g/mol. The Kier molecular flexibility index (Phi) is 9.46. The van der Waals surface area contributed by atoms with Gasteiger partial charge in [0.05, 0.1) is 11.4 Å². The third-order valence-corrected chi connectivity index (χ3v) is 7.24. The molecule has 33 heavy (non-hydrogen) atoms. The van der Waals surface area contributed by atoms with Gasteiger partial charge in [0.2, 0.25) is 21.8 Å². The van der Waals surface area contributed by atoms with Gasteiger partial charge in [0.25, 0.3) is 0 Å². The van der Waals surface area contributed by atoms with Crippen molar-refractivity contribution in [3.63, 3.8) is 0 Å². The summed E-state index contributed by atoms with van der Waals surface area (Å²) in [7, 11) is -2.50. The van der Waals surface area contributed by atoms with E-state index in [4.69, 9.17) is 11.6 Å². The van der Waals surface area contributed by atoms with Crippen molar-refractivity contribution in [1.29, 1.82) is 0 Å². The van der Waals surface area contributed by atoms with Crippen LogP contribution < -0.4 is 5.32 Å². The van der Waals surface area contributed by atoms with Crippen molar-refractivity contribution < 1.29 is 18.0 Å². The van der Waals surface area contributed by atoms with Crippen LogP contribution in [0.3, 0.4) is 0 Å². The SMILES string of the molecule is CC[C@H](C(=O)NC(C)C)N(Cc1ccc(Cl)cc1)C(=O)CN(C)S(=O)(=O)c1ccc(C)cc1. The first-order chi connectivity index (χ1) is 15.4. The van der Waals surface area contributed by atoms with Gasteiger partial charge in [-0.3, -0.25) is 9.59 Å². The topological polar surface area (TPSA) is 86.8 Å². The summed E-state index contributed by atoms with van der Waals surface area (Å²) in [4.78, 5) is 27.8. The molecule has 9 heteroatoms. The van der Waals surface area contributed by atoms with Crippen molar-refractivity contribution in [2.75, 3.05) is 13.6 Å². The number of rotatable bonds is 10. The number of nitrogens with one attached hydrogen (secondary N) is 1. The standard InChI is InChI=1S/C24H32ClN3O4S/c1-6-22(24(30)26-17(2)3)28(15-19-9-11-20(25)12-10-19)23(29)16-27(5)33(31,32)21-13-7-18(4)8-14-21/h7-14,17,22H,6,15-16H2,1-5H3,(H,26,30)/t22-/m1/s1. The average Bonchev–Trinajstić information content (AvgIpc) is 2.74. The molecule has 0 aliphatic carbocycles. The van der Waals surface area contributed by atoms with Crippen LogP contribution in [0, 0.1) is 6.92 Å². The number of sulfonamides is 1. The molecular formula is C24H32ClN3O4S. The minimum absolute atomic E-state index is 0.0939. The van der Waals surface area contributed by atoms with E-state index in [0.717, 1.165) is 15.4 Å². The van der Waals surface area contributed by atoms with Crippen molar-refractivity contribution >= 4 is 33.4 Å². The van der Waals surface area contributed by atoms with Gasteiger partial charge < -0.3 is 10.2 Å². The summed E-state index contributed by atoms with van der Waals surface area (Å²) in [6.45, 7) is 7.13. The zero-order valence-corrected chi connectivity index (χ0v) is 21.3. The minimum atomic E-state index is -3.87. The summed E-state index contributed by atoms with van der Waals surface area (Å²) in [6.07, 6.45) is 0.381. The molecule has 2 aromatic rings. The van der Waals surface area contributed by atoms with Crippen LogP contribution in [0.2, 0.25) is 5.02 Å².